The van der Waals surface area contributed by atoms with E-state index in [1.807, 2.05) is 6.07 Å². The fraction of sp³-hybridized carbons (Fsp3) is 0.375. The molecule has 0 fully saturated rings. The third-order valence-corrected chi connectivity index (χ3v) is 5.38. The minimum Gasteiger partial charge on any atom is -0.310 e. The Morgan fingerprint density at radius 2 is 2.10 bits per heavy atom. The zero-order valence-corrected chi connectivity index (χ0v) is 14.9. The molecule has 0 aliphatic rings. The summed E-state index contributed by atoms with van der Waals surface area (Å²) in [5.41, 5.74) is 2.59. The molecule has 108 valence electrons. The van der Waals surface area contributed by atoms with Crippen LogP contribution in [0.15, 0.2) is 34.8 Å². The topological polar surface area (TPSA) is 12.0 Å². The van der Waals surface area contributed by atoms with Gasteiger partial charge < -0.3 is 5.32 Å². The summed E-state index contributed by atoms with van der Waals surface area (Å²) in [6, 6.07) is 11.0. The first-order valence-electron chi connectivity index (χ1n) is 6.83. The van der Waals surface area contributed by atoms with Crippen molar-refractivity contribution < 1.29 is 0 Å². The molecule has 1 aromatic heterocycles. The number of halogens is 2. The van der Waals surface area contributed by atoms with Gasteiger partial charge in [-0.2, -0.15) is 0 Å². The van der Waals surface area contributed by atoms with Crippen LogP contribution < -0.4 is 5.32 Å². The maximum atomic E-state index is 6.03. The summed E-state index contributed by atoms with van der Waals surface area (Å²) in [5.74, 6) is 0. The highest BCUT2D eigenvalue weighted by Gasteiger charge is 2.13. The summed E-state index contributed by atoms with van der Waals surface area (Å²) in [4.78, 5) is 1.32. The summed E-state index contributed by atoms with van der Waals surface area (Å²) >= 11 is 11.3. The lowest BCUT2D eigenvalue weighted by Crippen LogP contribution is -2.23. The third kappa shape index (κ3) is 4.32. The van der Waals surface area contributed by atoms with E-state index < -0.39 is 0 Å². The number of nitrogens with one attached hydrogen (secondary N) is 1. The smallest absolute Gasteiger partial charge is 0.0931 e. The molecule has 1 unspecified atom stereocenters. The van der Waals surface area contributed by atoms with Crippen LogP contribution in [0, 0.1) is 6.92 Å². The Hall–Kier alpha value is -0.350. The molecule has 0 radical (unpaired) electrons. The molecule has 0 spiro atoms. The third-order valence-electron chi connectivity index (χ3n) is 3.27. The summed E-state index contributed by atoms with van der Waals surface area (Å²) in [5, 5.41) is 3.63. The predicted octanol–water partition coefficient (Wildman–Crippen LogP) is 5.76. The number of thiophene rings is 1. The highest BCUT2D eigenvalue weighted by atomic mass is 79.9. The molecule has 2 rings (SSSR count). The van der Waals surface area contributed by atoms with Gasteiger partial charge in [-0.1, -0.05) is 46.6 Å². The predicted molar refractivity (Wildman–Crippen MR) is 92.9 cm³/mol. The van der Waals surface area contributed by atoms with Crippen molar-refractivity contribution in [3.63, 3.8) is 0 Å². The molecule has 1 aromatic carbocycles. The molecule has 1 atom stereocenters. The lowest BCUT2D eigenvalue weighted by molar-refractivity contribution is 0.532. The molecule has 0 aliphatic heterocycles. The highest BCUT2D eigenvalue weighted by Crippen LogP contribution is 2.28. The zero-order valence-electron chi connectivity index (χ0n) is 11.7. The van der Waals surface area contributed by atoms with Gasteiger partial charge in [-0.15, -0.1) is 11.3 Å². The van der Waals surface area contributed by atoms with Crippen molar-refractivity contribution in [1.29, 1.82) is 0 Å². The fourth-order valence-electron chi connectivity index (χ4n) is 2.11. The SMILES string of the molecule is CCCNC(Cc1ccc(Cl)s1)c1ccc(C)c(Br)c1. The molecular weight excluding hydrogens is 354 g/mol. The van der Waals surface area contributed by atoms with Gasteiger partial charge in [-0.05, 0) is 49.2 Å². The minimum atomic E-state index is 0.335. The summed E-state index contributed by atoms with van der Waals surface area (Å²) in [7, 11) is 0. The van der Waals surface area contributed by atoms with E-state index in [1.54, 1.807) is 11.3 Å². The van der Waals surface area contributed by atoms with E-state index in [2.05, 4.69) is 59.4 Å². The molecule has 1 N–H and O–H groups in total. The van der Waals surface area contributed by atoms with Crippen molar-refractivity contribution in [2.75, 3.05) is 6.54 Å². The molecule has 0 saturated heterocycles. The minimum absolute atomic E-state index is 0.335. The Kier molecular flexibility index (Phi) is 6.09. The van der Waals surface area contributed by atoms with Gasteiger partial charge in [0, 0.05) is 21.8 Å². The number of hydrogen-bond acceptors (Lipinski definition) is 2. The Morgan fingerprint density at radius 1 is 1.30 bits per heavy atom. The zero-order chi connectivity index (χ0) is 14.5. The van der Waals surface area contributed by atoms with Crippen LogP contribution in [0.2, 0.25) is 4.34 Å². The molecule has 0 bridgehead atoms. The number of hydrogen-bond donors (Lipinski definition) is 1. The van der Waals surface area contributed by atoms with E-state index in [1.165, 1.54) is 20.5 Å². The number of aryl methyl sites for hydroxylation is 1. The molecule has 0 saturated carbocycles. The van der Waals surface area contributed by atoms with Crippen LogP contribution in [0.3, 0.4) is 0 Å². The van der Waals surface area contributed by atoms with E-state index in [4.69, 9.17) is 11.6 Å². The normalized spacial score (nSPS) is 12.6. The van der Waals surface area contributed by atoms with Gasteiger partial charge in [0.05, 0.1) is 4.34 Å². The molecule has 1 nitrogen and oxygen atoms in total. The molecule has 4 heteroatoms. The van der Waals surface area contributed by atoms with Gasteiger partial charge in [-0.25, -0.2) is 0 Å². The Balaban J connectivity index is 2.19. The average molecular weight is 373 g/mol. The van der Waals surface area contributed by atoms with Crippen molar-refractivity contribution in [1.82, 2.24) is 5.32 Å². The van der Waals surface area contributed by atoms with Gasteiger partial charge in [0.15, 0.2) is 0 Å². The Morgan fingerprint density at radius 3 is 2.70 bits per heavy atom. The molecule has 1 heterocycles. The second-order valence-electron chi connectivity index (χ2n) is 4.93. The first-order valence-corrected chi connectivity index (χ1v) is 8.82. The Bertz CT molecular complexity index is 567. The van der Waals surface area contributed by atoms with Crippen LogP contribution in [-0.4, -0.2) is 6.54 Å². The van der Waals surface area contributed by atoms with E-state index in [0.29, 0.717) is 6.04 Å². The van der Waals surface area contributed by atoms with Crippen molar-refractivity contribution in [2.45, 2.75) is 32.7 Å². The molecule has 0 aliphatic carbocycles. The van der Waals surface area contributed by atoms with E-state index in [-0.39, 0.29) is 0 Å². The second kappa shape index (κ2) is 7.60. The lowest BCUT2D eigenvalue weighted by atomic mass is 10.0. The largest absolute Gasteiger partial charge is 0.310 e. The first kappa shape index (κ1) is 16.0. The Labute approximate surface area is 138 Å². The molecule has 20 heavy (non-hydrogen) atoms. The molecule has 0 amide bonds. The van der Waals surface area contributed by atoms with E-state index in [9.17, 15) is 0 Å². The van der Waals surface area contributed by atoms with Gasteiger partial charge >= 0.3 is 0 Å². The summed E-state index contributed by atoms with van der Waals surface area (Å²) in [6.45, 7) is 5.33. The van der Waals surface area contributed by atoms with Crippen molar-refractivity contribution in [2.24, 2.45) is 0 Å². The standard InChI is InChI=1S/C16H19BrClNS/c1-3-8-19-15(10-13-6-7-16(18)20-13)12-5-4-11(2)14(17)9-12/h4-7,9,15,19H,3,8,10H2,1-2H3. The van der Waals surface area contributed by atoms with E-state index >= 15 is 0 Å². The fourth-order valence-corrected chi connectivity index (χ4v) is 3.64. The van der Waals surface area contributed by atoms with Crippen LogP contribution in [0.4, 0.5) is 0 Å². The molecular formula is C16H19BrClNS. The van der Waals surface area contributed by atoms with Crippen LogP contribution in [-0.2, 0) is 6.42 Å². The number of rotatable bonds is 6. The maximum Gasteiger partial charge on any atom is 0.0931 e. The van der Waals surface area contributed by atoms with E-state index in [0.717, 1.165) is 23.7 Å². The first-order chi connectivity index (χ1) is 9.60. The van der Waals surface area contributed by atoms with Gasteiger partial charge in [0.1, 0.15) is 0 Å². The van der Waals surface area contributed by atoms with Crippen molar-refractivity contribution in [3.05, 3.63) is 55.1 Å². The quantitative estimate of drug-likeness (QED) is 0.680. The molecule has 2 aromatic rings. The summed E-state index contributed by atoms with van der Waals surface area (Å²) in [6.07, 6.45) is 2.11. The lowest BCUT2D eigenvalue weighted by Gasteiger charge is -2.19. The van der Waals surface area contributed by atoms with Crippen molar-refractivity contribution in [3.8, 4) is 0 Å². The van der Waals surface area contributed by atoms with Crippen LogP contribution in [0.25, 0.3) is 0 Å². The van der Waals surface area contributed by atoms with Crippen LogP contribution in [0.5, 0.6) is 0 Å². The summed E-state index contributed by atoms with van der Waals surface area (Å²) < 4.78 is 2.03. The van der Waals surface area contributed by atoms with Crippen molar-refractivity contribution >= 4 is 38.9 Å². The van der Waals surface area contributed by atoms with Gasteiger partial charge in [0.25, 0.3) is 0 Å². The van der Waals surface area contributed by atoms with Gasteiger partial charge in [0.2, 0.25) is 0 Å². The van der Waals surface area contributed by atoms with Crippen LogP contribution >= 0.6 is 38.9 Å². The van der Waals surface area contributed by atoms with Gasteiger partial charge in [-0.3, -0.25) is 0 Å². The second-order valence-corrected chi connectivity index (χ2v) is 7.58. The number of benzene rings is 1. The highest BCUT2D eigenvalue weighted by molar-refractivity contribution is 9.10. The maximum absolute atomic E-state index is 6.03. The van der Waals surface area contributed by atoms with Crippen LogP contribution in [0.1, 0.15) is 35.4 Å². The average Bonchev–Trinajstić information content (AvgIpc) is 2.83. The monoisotopic (exact) mass is 371 g/mol.